The highest BCUT2D eigenvalue weighted by atomic mass is 16.2. The lowest BCUT2D eigenvalue weighted by atomic mass is 10.3. The molecule has 128 valence electrons. The van der Waals surface area contributed by atoms with E-state index in [2.05, 4.69) is 36.0 Å². The van der Waals surface area contributed by atoms with Crippen LogP contribution in [0.2, 0.25) is 0 Å². The molecule has 0 saturated carbocycles. The summed E-state index contributed by atoms with van der Waals surface area (Å²) in [6, 6.07) is 0. The normalized spacial score (nSPS) is 16.3. The van der Waals surface area contributed by atoms with Gasteiger partial charge in [0.25, 0.3) is 0 Å². The van der Waals surface area contributed by atoms with E-state index < -0.39 is 0 Å². The van der Waals surface area contributed by atoms with Crippen molar-refractivity contribution in [2.75, 3.05) is 59.4 Å². The zero-order chi connectivity index (χ0) is 16.4. The molecule has 1 amide bonds. The van der Waals surface area contributed by atoms with Crippen molar-refractivity contribution in [3.05, 3.63) is 0 Å². The number of carbonyl (C=O) groups is 1. The molecule has 1 heterocycles. The molecule has 0 atom stereocenters. The Balaban J connectivity index is 2.44. The van der Waals surface area contributed by atoms with Crippen LogP contribution in [0, 0.1) is 0 Å². The molecule has 1 aliphatic heterocycles. The van der Waals surface area contributed by atoms with Crippen LogP contribution in [-0.2, 0) is 4.79 Å². The summed E-state index contributed by atoms with van der Waals surface area (Å²) >= 11 is 0. The van der Waals surface area contributed by atoms with Crippen LogP contribution in [0.25, 0.3) is 0 Å². The first kappa shape index (κ1) is 18.7. The maximum atomic E-state index is 11.4. The molecule has 6 heteroatoms. The maximum Gasteiger partial charge on any atom is 0.219 e. The number of unbranched alkanes of at least 4 members (excludes halogenated alkanes) is 1. The molecule has 0 radical (unpaired) electrons. The van der Waals surface area contributed by atoms with Gasteiger partial charge < -0.3 is 20.0 Å². The first-order valence-corrected chi connectivity index (χ1v) is 8.55. The zero-order valence-electron chi connectivity index (χ0n) is 14.8. The number of hydrogen-bond donors (Lipinski definition) is 1. The third-order valence-corrected chi connectivity index (χ3v) is 4.00. The van der Waals surface area contributed by atoms with Gasteiger partial charge in [-0.15, -0.1) is 0 Å². The number of aliphatic imine (C=N–C) groups is 1. The van der Waals surface area contributed by atoms with Gasteiger partial charge in [0.2, 0.25) is 5.91 Å². The van der Waals surface area contributed by atoms with E-state index in [1.807, 2.05) is 4.90 Å². The van der Waals surface area contributed by atoms with Crippen LogP contribution < -0.4 is 5.32 Å². The maximum absolute atomic E-state index is 11.4. The van der Waals surface area contributed by atoms with Crippen LogP contribution in [0.4, 0.5) is 0 Å². The topological polar surface area (TPSA) is 51.2 Å². The number of hydrogen-bond acceptors (Lipinski definition) is 3. The smallest absolute Gasteiger partial charge is 0.219 e. The molecule has 1 fully saturated rings. The van der Waals surface area contributed by atoms with Gasteiger partial charge in [0.1, 0.15) is 0 Å². The third kappa shape index (κ3) is 6.64. The van der Waals surface area contributed by atoms with E-state index >= 15 is 0 Å². The predicted octanol–water partition coefficient (Wildman–Crippen LogP) is 0.848. The number of carbonyl (C=O) groups excluding carboxylic acids is 1. The molecule has 6 nitrogen and oxygen atoms in total. The Labute approximate surface area is 135 Å². The Hall–Kier alpha value is -1.30. The molecule has 0 aromatic carbocycles. The molecule has 0 bridgehead atoms. The number of amides is 1. The van der Waals surface area contributed by atoms with Crippen molar-refractivity contribution in [3.8, 4) is 0 Å². The highest BCUT2D eigenvalue weighted by Crippen LogP contribution is 2.03. The molecular weight excluding hydrogens is 278 g/mol. The second-order valence-corrected chi connectivity index (χ2v) is 5.89. The van der Waals surface area contributed by atoms with E-state index in [1.54, 1.807) is 6.92 Å². The van der Waals surface area contributed by atoms with Gasteiger partial charge in [-0.3, -0.25) is 9.79 Å². The summed E-state index contributed by atoms with van der Waals surface area (Å²) < 4.78 is 0. The predicted molar refractivity (Wildman–Crippen MR) is 92.2 cm³/mol. The van der Waals surface area contributed by atoms with E-state index in [1.165, 1.54) is 12.8 Å². The van der Waals surface area contributed by atoms with Gasteiger partial charge in [-0.2, -0.15) is 0 Å². The fourth-order valence-corrected chi connectivity index (χ4v) is 2.53. The van der Waals surface area contributed by atoms with Gasteiger partial charge in [0.15, 0.2) is 5.96 Å². The van der Waals surface area contributed by atoms with Crippen molar-refractivity contribution in [1.82, 2.24) is 20.0 Å². The number of guanidine groups is 1. The first-order valence-electron chi connectivity index (χ1n) is 8.55. The van der Waals surface area contributed by atoms with Gasteiger partial charge in [0.05, 0.1) is 6.54 Å². The van der Waals surface area contributed by atoms with Gasteiger partial charge >= 0.3 is 0 Å². The van der Waals surface area contributed by atoms with Crippen LogP contribution in [0.3, 0.4) is 0 Å². The van der Waals surface area contributed by atoms with Crippen molar-refractivity contribution >= 4 is 11.9 Å². The lowest BCUT2D eigenvalue weighted by Crippen LogP contribution is -2.53. The Bertz CT molecular complexity index is 350. The average molecular weight is 311 g/mol. The van der Waals surface area contributed by atoms with Crippen LogP contribution >= 0.6 is 0 Å². The van der Waals surface area contributed by atoms with Crippen molar-refractivity contribution in [3.63, 3.8) is 0 Å². The third-order valence-electron chi connectivity index (χ3n) is 4.00. The minimum Gasteiger partial charge on any atom is -0.357 e. The van der Waals surface area contributed by atoms with Crippen LogP contribution in [0.1, 0.15) is 33.6 Å². The minimum atomic E-state index is 0.166. The zero-order valence-corrected chi connectivity index (χ0v) is 14.8. The number of likely N-dealkylation sites (N-methyl/N-ethyl adjacent to an activating group) is 1. The fraction of sp³-hybridized carbons (Fsp3) is 0.875. The molecule has 0 aromatic rings. The lowest BCUT2D eigenvalue weighted by molar-refractivity contribution is -0.130. The molecule has 0 spiro atoms. The largest absolute Gasteiger partial charge is 0.357 e. The number of rotatable bonds is 7. The van der Waals surface area contributed by atoms with Gasteiger partial charge in [0, 0.05) is 46.2 Å². The lowest BCUT2D eigenvalue weighted by Gasteiger charge is -2.36. The van der Waals surface area contributed by atoms with E-state index in [0.717, 1.165) is 58.3 Å². The van der Waals surface area contributed by atoms with Crippen molar-refractivity contribution in [2.45, 2.75) is 33.6 Å². The molecule has 1 aliphatic rings. The molecule has 1 saturated heterocycles. The van der Waals surface area contributed by atoms with Crippen molar-refractivity contribution in [2.24, 2.45) is 4.99 Å². The first-order chi connectivity index (χ1) is 10.6. The van der Waals surface area contributed by atoms with Crippen molar-refractivity contribution in [1.29, 1.82) is 0 Å². The molecule has 1 rings (SSSR count). The highest BCUT2D eigenvalue weighted by Gasteiger charge is 2.20. The summed E-state index contributed by atoms with van der Waals surface area (Å²) in [4.78, 5) is 22.6. The molecule has 22 heavy (non-hydrogen) atoms. The van der Waals surface area contributed by atoms with E-state index in [9.17, 15) is 4.79 Å². The van der Waals surface area contributed by atoms with Gasteiger partial charge in [-0.25, -0.2) is 0 Å². The van der Waals surface area contributed by atoms with Crippen molar-refractivity contribution < 1.29 is 4.79 Å². The molecular formula is C16H33N5O. The quantitative estimate of drug-likeness (QED) is 0.559. The Morgan fingerprint density at radius 2 is 1.77 bits per heavy atom. The summed E-state index contributed by atoms with van der Waals surface area (Å²) in [5.74, 6) is 1.15. The number of piperazine rings is 1. The Kier molecular flexibility index (Phi) is 8.89. The summed E-state index contributed by atoms with van der Waals surface area (Å²) in [6.07, 6.45) is 2.48. The second-order valence-electron chi connectivity index (χ2n) is 5.89. The SMILES string of the molecule is CCCCN(C)CCN=C(NCC)N1CCN(C(C)=O)CC1. The molecule has 0 unspecified atom stereocenters. The van der Waals surface area contributed by atoms with E-state index in [-0.39, 0.29) is 5.91 Å². The highest BCUT2D eigenvalue weighted by molar-refractivity contribution is 5.80. The van der Waals surface area contributed by atoms with Crippen LogP contribution in [0.5, 0.6) is 0 Å². The monoisotopic (exact) mass is 311 g/mol. The number of nitrogens with one attached hydrogen (secondary N) is 1. The van der Waals surface area contributed by atoms with Gasteiger partial charge in [-0.1, -0.05) is 13.3 Å². The summed E-state index contributed by atoms with van der Waals surface area (Å²) in [5.41, 5.74) is 0. The molecule has 0 aromatic heterocycles. The second kappa shape index (κ2) is 10.4. The number of nitrogens with zero attached hydrogens (tertiary/aromatic N) is 4. The Morgan fingerprint density at radius 3 is 2.32 bits per heavy atom. The fourth-order valence-electron chi connectivity index (χ4n) is 2.53. The van der Waals surface area contributed by atoms with E-state index in [4.69, 9.17) is 4.99 Å². The average Bonchev–Trinajstić information content (AvgIpc) is 2.52. The van der Waals surface area contributed by atoms with Gasteiger partial charge in [-0.05, 0) is 26.9 Å². The van der Waals surface area contributed by atoms with Crippen LogP contribution in [0.15, 0.2) is 4.99 Å². The standard InChI is InChI=1S/C16H33N5O/c1-5-7-9-19(4)10-8-18-16(17-6-2)21-13-11-20(12-14-21)15(3)22/h5-14H2,1-4H3,(H,17,18). The summed E-state index contributed by atoms with van der Waals surface area (Å²) in [6.45, 7) is 13.1. The Morgan fingerprint density at radius 1 is 1.14 bits per heavy atom. The molecule has 0 aliphatic carbocycles. The summed E-state index contributed by atoms with van der Waals surface area (Å²) in [7, 11) is 2.16. The molecule has 1 N–H and O–H groups in total. The van der Waals surface area contributed by atoms with E-state index in [0.29, 0.717) is 0 Å². The minimum absolute atomic E-state index is 0.166. The van der Waals surface area contributed by atoms with Crippen LogP contribution in [-0.4, -0.2) is 86.0 Å². The summed E-state index contributed by atoms with van der Waals surface area (Å²) in [5, 5.41) is 3.37.